The van der Waals surface area contributed by atoms with Gasteiger partial charge < -0.3 is 0 Å². The SMILES string of the molecule is CCC[CH2][AlH][Cl].c1ccccc1. The number of hydrogen-bond donors (Lipinski definition) is 0. The molecule has 0 unspecified atom stereocenters. The summed E-state index contributed by atoms with van der Waals surface area (Å²) >= 11 is -0.125. The molecule has 1 aromatic rings. The molecule has 0 saturated carbocycles. The van der Waals surface area contributed by atoms with Crippen molar-refractivity contribution >= 4 is 24.3 Å². The molecule has 2 heteroatoms. The Morgan fingerprint density at radius 2 is 1.42 bits per heavy atom. The number of hydrogen-bond acceptors (Lipinski definition) is 0. The molecule has 1 rings (SSSR count). The Labute approximate surface area is 85.9 Å². The number of rotatable bonds is 3. The van der Waals surface area contributed by atoms with E-state index in [9.17, 15) is 0 Å². The number of halogens is 1. The van der Waals surface area contributed by atoms with Crippen LogP contribution in [0.25, 0.3) is 0 Å². The molecule has 12 heavy (non-hydrogen) atoms. The predicted octanol–water partition coefficient (Wildman–Crippen LogP) is 3.48. The zero-order valence-electron chi connectivity index (χ0n) is 7.67. The molecule has 0 nitrogen and oxygen atoms in total. The van der Waals surface area contributed by atoms with Crippen molar-refractivity contribution in [3.8, 4) is 0 Å². The smallest absolute Gasteiger partial charge is 0.267 e. The van der Waals surface area contributed by atoms with Crippen LogP contribution in [0, 0.1) is 0 Å². The topological polar surface area (TPSA) is 0 Å². The van der Waals surface area contributed by atoms with Crippen molar-refractivity contribution < 1.29 is 0 Å². The molecule has 0 aromatic heterocycles. The Kier molecular flexibility index (Phi) is 11.1. The Balaban J connectivity index is 0.000000202. The first-order valence-corrected chi connectivity index (χ1v) is 7.61. The van der Waals surface area contributed by atoms with E-state index in [0.29, 0.717) is 0 Å². The van der Waals surface area contributed by atoms with Crippen molar-refractivity contribution in [3.63, 3.8) is 0 Å². The van der Waals surface area contributed by atoms with Gasteiger partial charge in [0.05, 0.1) is 0 Å². The van der Waals surface area contributed by atoms with Crippen LogP contribution in [0.3, 0.4) is 0 Å². The highest BCUT2D eigenvalue weighted by atomic mass is 35.6. The molecule has 0 radical (unpaired) electrons. The maximum atomic E-state index is 5.52. The Bertz CT molecular complexity index is 122. The summed E-state index contributed by atoms with van der Waals surface area (Å²) in [5.41, 5.74) is 0. The molecular formula is C10H16AlCl. The molecule has 0 aliphatic carbocycles. The van der Waals surface area contributed by atoms with E-state index in [4.69, 9.17) is 10.0 Å². The molecule has 0 fully saturated rings. The van der Waals surface area contributed by atoms with E-state index in [0.717, 1.165) is 0 Å². The summed E-state index contributed by atoms with van der Waals surface area (Å²) in [6.07, 6.45) is 2.65. The first-order chi connectivity index (χ1) is 5.91. The summed E-state index contributed by atoms with van der Waals surface area (Å²) in [5.74, 6) is 0. The first kappa shape index (κ1) is 12.0. The van der Waals surface area contributed by atoms with Crippen LogP contribution in [-0.2, 0) is 0 Å². The maximum absolute atomic E-state index is 5.52. The van der Waals surface area contributed by atoms with E-state index < -0.39 is 0 Å². The molecule has 0 saturated heterocycles. The van der Waals surface area contributed by atoms with E-state index in [1.807, 2.05) is 36.4 Å². The van der Waals surface area contributed by atoms with Crippen molar-refractivity contribution in [2.24, 2.45) is 0 Å². The van der Waals surface area contributed by atoms with Gasteiger partial charge in [-0.1, -0.05) is 61.4 Å². The molecule has 0 spiro atoms. The minimum atomic E-state index is -0.125. The van der Waals surface area contributed by atoms with Gasteiger partial charge in [-0.15, -0.1) is 0 Å². The van der Waals surface area contributed by atoms with Gasteiger partial charge in [0.15, 0.2) is 0 Å². The molecule has 0 atom stereocenters. The Morgan fingerprint density at radius 1 is 1.00 bits per heavy atom. The van der Waals surface area contributed by atoms with Crippen molar-refractivity contribution in [1.82, 2.24) is 0 Å². The highest BCUT2D eigenvalue weighted by Gasteiger charge is 1.83. The van der Waals surface area contributed by atoms with E-state index in [2.05, 4.69) is 6.92 Å². The zero-order chi connectivity index (χ0) is 9.07. The lowest BCUT2D eigenvalue weighted by atomic mass is 10.4. The quantitative estimate of drug-likeness (QED) is 0.515. The van der Waals surface area contributed by atoms with Gasteiger partial charge in [0, 0.05) is 0 Å². The molecule has 1 aromatic carbocycles. The minimum absolute atomic E-state index is 0.125. The molecule has 0 heterocycles. The van der Waals surface area contributed by atoms with Gasteiger partial charge >= 0.3 is 14.3 Å². The third-order valence-electron chi connectivity index (χ3n) is 1.40. The number of benzene rings is 1. The van der Waals surface area contributed by atoms with Crippen LogP contribution in [0.1, 0.15) is 19.8 Å². The van der Waals surface area contributed by atoms with Gasteiger partial charge in [-0.25, -0.2) is 0 Å². The molecule has 0 bridgehead atoms. The second kappa shape index (κ2) is 11.0. The van der Waals surface area contributed by atoms with Crippen LogP contribution in [0.4, 0.5) is 0 Å². The first-order valence-electron chi connectivity index (χ1n) is 4.47. The Morgan fingerprint density at radius 3 is 1.58 bits per heavy atom. The third kappa shape index (κ3) is 10.0. The molecule has 0 aliphatic rings. The summed E-state index contributed by atoms with van der Waals surface area (Å²) in [4.78, 5) is 0. The summed E-state index contributed by atoms with van der Waals surface area (Å²) < 4.78 is 0. The zero-order valence-corrected chi connectivity index (χ0v) is 9.84. The molecule has 0 aliphatic heterocycles. The summed E-state index contributed by atoms with van der Waals surface area (Å²) in [7, 11) is 5.52. The largest absolute Gasteiger partial charge is 0.376 e. The Hall–Kier alpha value is 0.0425. The van der Waals surface area contributed by atoms with Gasteiger partial charge in [0.25, 0.3) is 0 Å². The van der Waals surface area contributed by atoms with Crippen LogP contribution in [-0.4, -0.2) is 14.3 Å². The summed E-state index contributed by atoms with van der Waals surface area (Å²) in [6.45, 7) is 2.20. The fourth-order valence-corrected chi connectivity index (χ4v) is 1.99. The normalized spacial score (nSPS) is 8.17. The third-order valence-corrected chi connectivity index (χ3v) is 2.97. The van der Waals surface area contributed by atoms with Crippen molar-refractivity contribution in [2.75, 3.05) is 0 Å². The lowest BCUT2D eigenvalue weighted by Crippen LogP contribution is -1.73. The van der Waals surface area contributed by atoms with Gasteiger partial charge in [-0.3, -0.25) is 10.0 Å². The minimum Gasteiger partial charge on any atom is -0.267 e. The number of unbranched alkanes of at least 4 members (excludes halogenated alkanes) is 1. The van der Waals surface area contributed by atoms with E-state index in [1.54, 1.807) is 0 Å². The highest BCUT2D eigenvalue weighted by molar-refractivity contribution is 6.93. The van der Waals surface area contributed by atoms with E-state index >= 15 is 0 Å². The summed E-state index contributed by atoms with van der Waals surface area (Å²) in [5, 5.41) is 1.32. The van der Waals surface area contributed by atoms with Crippen LogP contribution >= 0.6 is 10.0 Å². The van der Waals surface area contributed by atoms with Crippen molar-refractivity contribution in [2.45, 2.75) is 25.0 Å². The second-order valence-electron chi connectivity index (χ2n) is 2.55. The summed E-state index contributed by atoms with van der Waals surface area (Å²) in [6, 6.07) is 12.0. The average molecular weight is 199 g/mol. The lowest BCUT2D eigenvalue weighted by molar-refractivity contribution is 0.882. The van der Waals surface area contributed by atoms with E-state index in [-0.39, 0.29) is 14.3 Å². The van der Waals surface area contributed by atoms with Crippen LogP contribution in [0.2, 0.25) is 5.28 Å². The lowest BCUT2D eigenvalue weighted by Gasteiger charge is -1.82. The molecular weight excluding hydrogens is 183 g/mol. The fraction of sp³-hybridized carbons (Fsp3) is 0.400. The van der Waals surface area contributed by atoms with Gasteiger partial charge in [0.1, 0.15) is 0 Å². The molecule has 0 N–H and O–H groups in total. The standard InChI is InChI=1S/C6H6.C4H9.Al.ClH.H/c1-2-4-6-5-3-1;1-3-4-2;;;/h1-6H;1,3-4H2,2H3;;1H;/q;;+1;;/p-1. The maximum Gasteiger partial charge on any atom is 0.376 e. The monoisotopic (exact) mass is 198 g/mol. The molecule has 66 valence electrons. The van der Waals surface area contributed by atoms with Crippen molar-refractivity contribution in [1.29, 1.82) is 0 Å². The average Bonchev–Trinajstić information content (AvgIpc) is 2.18. The van der Waals surface area contributed by atoms with Crippen LogP contribution in [0.5, 0.6) is 0 Å². The second-order valence-corrected chi connectivity index (χ2v) is 4.77. The van der Waals surface area contributed by atoms with Gasteiger partial charge in [0.2, 0.25) is 0 Å². The van der Waals surface area contributed by atoms with E-state index in [1.165, 1.54) is 18.1 Å². The van der Waals surface area contributed by atoms with Gasteiger partial charge in [-0.05, 0) is 0 Å². The fourth-order valence-electron chi connectivity index (χ4n) is 0.729. The highest BCUT2D eigenvalue weighted by Crippen LogP contribution is 1.93. The van der Waals surface area contributed by atoms with Crippen LogP contribution in [0.15, 0.2) is 36.4 Å². The molecule has 0 amide bonds. The van der Waals surface area contributed by atoms with Crippen molar-refractivity contribution in [3.05, 3.63) is 36.4 Å². The van der Waals surface area contributed by atoms with Gasteiger partial charge in [-0.2, -0.15) is 0 Å². The van der Waals surface area contributed by atoms with Crippen LogP contribution < -0.4 is 0 Å². The predicted molar refractivity (Wildman–Crippen MR) is 59.2 cm³/mol.